The van der Waals surface area contributed by atoms with Gasteiger partial charge in [0.25, 0.3) is 0 Å². The molecule has 1 aliphatic rings. The Morgan fingerprint density at radius 3 is 2.90 bits per heavy atom. The van der Waals surface area contributed by atoms with Crippen molar-refractivity contribution in [2.75, 3.05) is 5.75 Å². The molecule has 0 saturated carbocycles. The predicted molar refractivity (Wildman–Crippen MR) is 85.4 cm³/mol. The molecule has 1 nitrogen and oxygen atoms in total. The van der Waals surface area contributed by atoms with Crippen LogP contribution in [0.2, 0.25) is 0 Å². The van der Waals surface area contributed by atoms with Gasteiger partial charge in [-0.05, 0) is 42.0 Å². The molecule has 1 N–H and O–H groups in total. The van der Waals surface area contributed by atoms with E-state index in [0.717, 1.165) is 27.1 Å². The molecule has 0 saturated heterocycles. The highest BCUT2D eigenvalue weighted by Gasteiger charge is 2.22. The Hall–Kier alpha value is -0.910. The quantitative estimate of drug-likeness (QED) is 0.811. The van der Waals surface area contributed by atoms with Crippen LogP contribution in [-0.4, -0.2) is 5.75 Å². The molecule has 0 aliphatic carbocycles. The molecule has 0 bridgehead atoms. The summed E-state index contributed by atoms with van der Waals surface area (Å²) in [4.78, 5) is 0.718. The van der Waals surface area contributed by atoms with Crippen molar-refractivity contribution < 1.29 is 8.78 Å². The number of hydrogen-bond donors (Lipinski definition) is 1. The van der Waals surface area contributed by atoms with Crippen LogP contribution in [0.4, 0.5) is 8.78 Å². The fraction of sp³-hybridized carbons (Fsp3) is 0.250. The van der Waals surface area contributed by atoms with Crippen molar-refractivity contribution in [1.82, 2.24) is 5.32 Å². The Labute approximate surface area is 135 Å². The van der Waals surface area contributed by atoms with E-state index in [2.05, 4.69) is 21.2 Å². The third-order valence-electron chi connectivity index (χ3n) is 3.57. The highest BCUT2D eigenvalue weighted by Crippen LogP contribution is 2.37. The highest BCUT2D eigenvalue weighted by molar-refractivity contribution is 9.10. The lowest BCUT2D eigenvalue weighted by molar-refractivity contribution is 0.486. The molecule has 1 unspecified atom stereocenters. The van der Waals surface area contributed by atoms with Crippen molar-refractivity contribution in [2.24, 2.45) is 0 Å². The van der Waals surface area contributed by atoms with E-state index in [0.29, 0.717) is 12.1 Å². The first-order chi connectivity index (χ1) is 10.1. The molecule has 1 aliphatic heterocycles. The number of hydrogen-bond acceptors (Lipinski definition) is 2. The van der Waals surface area contributed by atoms with Gasteiger partial charge in [-0.3, -0.25) is 0 Å². The Bertz CT molecular complexity index is 663. The van der Waals surface area contributed by atoms with Crippen molar-refractivity contribution in [1.29, 1.82) is 0 Å². The number of nitrogens with one attached hydrogen (secondary N) is 1. The molecule has 0 fully saturated rings. The van der Waals surface area contributed by atoms with Crippen LogP contribution >= 0.6 is 27.7 Å². The second kappa shape index (κ2) is 6.46. The average Bonchev–Trinajstić information content (AvgIpc) is 2.49. The van der Waals surface area contributed by atoms with E-state index in [9.17, 15) is 8.78 Å². The normalized spacial score (nSPS) is 17.6. The third-order valence-corrected chi connectivity index (χ3v) is 5.22. The minimum absolute atomic E-state index is 0.0651. The van der Waals surface area contributed by atoms with Crippen LogP contribution < -0.4 is 5.32 Å². The SMILES string of the molecule is Fc1ccc(Br)cc1CNC1CCSc2c(F)cccc21. The van der Waals surface area contributed by atoms with Gasteiger partial charge in [-0.2, -0.15) is 0 Å². The van der Waals surface area contributed by atoms with Gasteiger partial charge < -0.3 is 5.32 Å². The topological polar surface area (TPSA) is 12.0 Å². The van der Waals surface area contributed by atoms with Crippen LogP contribution in [0.15, 0.2) is 45.8 Å². The van der Waals surface area contributed by atoms with E-state index in [4.69, 9.17) is 0 Å². The second-order valence-electron chi connectivity index (χ2n) is 4.96. The van der Waals surface area contributed by atoms with Gasteiger partial charge >= 0.3 is 0 Å². The van der Waals surface area contributed by atoms with Crippen LogP contribution in [-0.2, 0) is 6.54 Å². The van der Waals surface area contributed by atoms with Crippen molar-refractivity contribution >= 4 is 27.7 Å². The number of thioether (sulfide) groups is 1. The summed E-state index contributed by atoms with van der Waals surface area (Å²) in [6, 6.07) is 10.1. The summed E-state index contributed by atoms with van der Waals surface area (Å²) < 4.78 is 28.4. The number of fused-ring (bicyclic) bond motifs is 1. The fourth-order valence-electron chi connectivity index (χ4n) is 2.51. The lowest BCUT2D eigenvalue weighted by Crippen LogP contribution is -2.25. The minimum Gasteiger partial charge on any atom is -0.306 e. The lowest BCUT2D eigenvalue weighted by atomic mass is 10.0. The van der Waals surface area contributed by atoms with Gasteiger partial charge in [0.15, 0.2) is 0 Å². The standard InChI is InChI=1S/C16H14BrF2NS/c17-11-4-5-13(18)10(8-11)9-20-15-6-7-21-16-12(15)2-1-3-14(16)19/h1-5,8,15,20H,6-7,9H2. The zero-order valence-electron chi connectivity index (χ0n) is 11.2. The zero-order valence-corrected chi connectivity index (χ0v) is 13.6. The smallest absolute Gasteiger partial charge is 0.137 e. The monoisotopic (exact) mass is 369 g/mol. The summed E-state index contributed by atoms with van der Waals surface area (Å²) in [5.41, 5.74) is 1.59. The summed E-state index contributed by atoms with van der Waals surface area (Å²) >= 11 is 4.90. The first kappa shape index (κ1) is 15.0. The van der Waals surface area contributed by atoms with Crippen molar-refractivity contribution in [3.63, 3.8) is 0 Å². The van der Waals surface area contributed by atoms with Gasteiger partial charge in [0.1, 0.15) is 11.6 Å². The van der Waals surface area contributed by atoms with Crippen molar-refractivity contribution in [3.05, 3.63) is 63.6 Å². The molecule has 1 heterocycles. The summed E-state index contributed by atoms with van der Waals surface area (Å²) in [5.74, 6) is 0.472. The van der Waals surface area contributed by atoms with E-state index in [-0.39, 0.29) is 17.7 Å². The number of rotatable bonds is 3. The molecule has 0 amide bonds. The van der Waals surface area contributed by atoms with Gasteiger partial charge in [0.05, 0.1) is 0 Å². The van der Waals surface area contributed by atoms with Crippen LogP contribution in [0.1, 0.15) is 23.6 Å². The van der Waals surface area contributed by atoms with Gasteiger partial charge in [-0.25, -0.2) is 8.78 Å². The maximum absolute atomic E-state index is 13.8. The minimum atomic E-state index is -0.227. The molecule has 21 heavy (non-hydrogen) atoms. The van der Waals surface area contributed by atoms with Crippen molar-refractivity contribution in [2.45, 2.75) is 23.9 Å². The third kappa shape index (κ3) is 3.30. The molecule has 1 atom stereocenters. The second-order valence-corrected chi connectivity index (χ2v) is 6.99. The molecule has 3 rings (SSSR count). The first-order valence-electron chi connectivity index (χ1n) is 6.73. The van der Waals surface area contributed by atoms with Crippen LogP contribution in [0.25, 0.3) is 0 Å². The van der Waals surface area contributed by atoms with Crippen LogP contribution in [0.5, 0.6) is 0 Å². The zero-order chi connectivity index (χ0) is 14.8. The van der Waals surface area contributed by atoms with Gasteiger partial charge in [-0.15, -0.1) is 11.8 Å². The Kier molecular flexibility index (Phi) is 4.62. The van der Waals surface area contributed by atoms with E-state index >= 15 is 0 Å². The van der Waals surface area contributed by atoms with E-state index in [1.165, 1.54) is 12.1 Å². The molecule has 0 spiro atoms. The lowest BCUT2D eigenvalue weighted by Gasteiger charge is -2.26. The fourth-order valence-corrected chi connectivity index (χ4v) is 4.06. The van der Waals surface area contributed by atoms with Crippen LogP contribution in [0.3, 0.4) is 0 Å². The largest absolute Gasteiger partial charge is 0.306 e. The van der Waals surface area contributed by atoms with E-state index < -0.39 is 0 Å². The molecule has 110 valence electrons. The summed E-state index contributed by atoms with van der Waals surface area (Å²) in [6.45, 7) is 0.427. The van der Waals surface area contributed by atoms with Crippen LogP contribution in [0, 0.1) is 11.6 Å². The van der Waals surface area contributed by atoms with E-state index in [1.54, 1.807) is 30.0 Å². The number of benzene rings is 2. The Morgan fingerprint density at radius 1 is 1.19 bits per heavy atom. The Balaban J connectivity index is 1.78. The van der Waals surface area contributed by atoms with Crippen molar-refractivity contribution in [3.8, 4) is 0 Å². The predicted octanol–water partition coefficient (Wildman–Crippen LogP) is 5.05. The molecule has 0 aromatic heterocycles. The Morgan fingerprint density at radius 2 is 2.05 bits per heavy atom. The molecular formula is C16H14BrF2NS. The maximum Gasteiger partial charge on any atom is 0.137 e. The molecule has 2 aromatic rings. The molecule has 5 heteroatoms. The summed E-state index contributed by atoms with van der Waals surface area (Å²) in [7, 11) is 0. The van der Waals surface area contributed by atoms with Gasteiger partial charge in [0.2, 0.25) is 0 Å². The summed E-state index contributed by atoms with van der Waals surface area (Å²) in [6.07, 6.45) is 0.913. The molecule has 0 radical (unpaired) electrons. The summed E-state index contributed by atoms with van der Waals surface area (Å²) in [5, 5.41) is 3.35. The first-order valence-corrected chi connectivity index (χ1v) is 8.51. The maximum atomic E-state index is 13.8. The molecular weight excluding hydrogens is 356 g/mol. The number of halogens is 3. The average molecular weight is 370 g/mol. The highest BCUT2D eigenvalue weighted by atomic mass is 79.9. The van der Waals surface area contributed by atoms with Gasteiger partial charge in [0, 0.05) is 27.5 Å². The van der Waals surface area contributed by atoms with Gasteiger partial charge in [-0.1, -0.05) is 28.1 Å². The molecule has 2 aromatic carbocycles. The van der Waals surface area contributed by atoms with E-state index in [1.807, 2.05) is 6.07 Å².